The van der Waals surface area contributed by atoms with Crippen molar-refractivity contribution in [3.63, 3.8) is 0 Å². The zero-order valence-corrected chi connectivity index (χ0v) is 14.5. The van der Waals surface area contributed by atoms with Crippen LogP contribution in [0.25, 0.3) is 16.8 Å². The summed E-state index contributed by atoms with van der Waals surface area (Å²) in [5, 5.41) is 13.7. The molecule has 0 saturated heterocycles. The summed E-state index contributed by atoms with van der Waals surface area (Å²) in [6.45, 7) is 2.73. The van der Waals surface area contributed by atoms with E-state index in [2.05, 4.69) is 10.3 Å². The number of Topliss-reactive ketones (excluding diaryl/α,β-unsaturated/α-hetero) is 1. The highest BCUT2D eigenvalue weighted by Crippen LogP contribution is 2.28. The van der Waals surface area contributed by atoms with Gasteiger partial charge in [0.1, 0.15) is 0 Å². The molecule has 0 spiro atoms. The van der Waals surface area contributed by atoms with Crippen LogP contribution in [-0.4, -0.2) is 35.1 Å². The van der Waals surface area contributed by atoms with Gasteiger partial charge in [0, 0.05) is 29.1 Å². The third-order valence-corrected chi connectivity index (χ3v) is 4.72. The van der Waals surface area contributed by atoms with Crippen LogP contribution in [0.2, 0.25) is 0 Å². The summed E-state index contributed by atoms with van der Waals surface area (Å²) in [6.07, 6.45) is 4.55. The normalized spacial score (nSPS) is 14.9. The lowest BCUT2D eigenvalue weighted by molar-refractivity contribution is -0.115. The first kappa shape index (κ1) is 17.6. The lowest BCUT2D eigenvalue weighted by atomic mass is 9.89. The Morgan fingerprint density at radius 2 is 2.04 bits per heavy atom. The van der Waals surface area contributed by atoms with Crippen LogP contribution in [0.15, 0.2) is 34.6 Å². The molecule has 1 aromatic carbocycles. The van der Waals surface area contributed by atoms with Crippen molar-refractivity contribution in [2.24, 2.45) is 0 Å². The summed E-state index contributed by atoms with van der Waals surface area (Å²) < 4.78 is 0. The smallest absolute Gasteiger partial charge is 0.256 e. The van der Waals surface area contributed by atoms with Gasteiger partial charge in [0.15, 0.2) is 5.78 Å². The molecule has 3 rings (SSSR count). The average Bonchev–Trinajstić information content (AvgIpc) is 2.65. The van der Waals surface area contributed by atoms with E-state index in [1.54, 1.807) is 0 Å². The number of carbonyl (C=O) groups excluding carboxylic acids is 1. The van der Waals surface area contributed by atoms with Gasteiger partial charge in [0.2, 0.25) is 0 Å². The second kappa shape index (κ2) is 7.76. The molecular formula is C20H24N2O3. The molecular weight excluding hydrogens is 316 g/mol. The number of aryl methyl sites for hydroxylation is 1. The molecule has 3 N–H and O–H groups in total. The Bertz CT molecular complexity index is 867. The molecule has 1 heterocycles. The zero-order valence-electron chi connectivity index (χ0n) is 14.5. The van der Waals surface area contributed by atoms with Crippen molar-refractivity contribution in [2.75, 3.05) is 13.2 Å². The van der Waals surface area contributed by atoms with Gasteiger partial charge in [-0.3, -0.25) is 9.59 Å². The molecule has 132 valence electrons. The summed E-state index contributed by atoms with van der Waals surface area (Å²) in [4.78, 5) is 27.6. The molecule has 1 unspecified atom stereocenters. The van der Waals surface area contributed by atoms with Crippen LogP contribution in [0.1, 0.15) is 37.4 Å². The van der Waals surface area contributed by atoms with Gasteiger partial charge in [-0.2, -0.15) is 0 Å². The van der Waals surface area contributed by atoms with Crippen molar-refractivity contribution in [2.45, 2.75) is 38.6 Å². The second-order valence-corrected chi connectivity index (χ2v) is 6.63. The summed E-state index contributed by atoms with van der Waals surface area (Å²) in [6, 6.07) is 7.57. The fourth-order valence-corrected chi connectivity index (χ4v) is 3.26. The Hall–Kier alpha value is -2.24. The number of hydrogen-bond donors (Lipinski definition) is 3. The number of nitrogens with one attached hydrogen (secondary N) is 2. The first-order valence-electron chi connectivity index (χ1n) is 8.82. The summed E-state index contributed by atoms with van der Waals surface area (Å²) in [5.41, 5.74) is 2.65. The van der Waals surface area contributed by atoms with Gasteiger partial charge in [-0.25, -0.2) is 0 Å². The van der Waals surface area contributed by atoms with E-state index >= 15 is 0 Å². The van der Waals surface area contributed by atoms with Crippen molar-refractivity contribution >= 4 is 22.6 Å². The maximum atomic E-state index is 12.5. The van der Waals surface area contributed by atoms with E-state index in [9.17, 15) is 9.59 Å². The topological polar surface area (TPSA) is 82.2 Å². The molecule has 1 aliphatic carbocycles. The number of carbonyl (C=O) groups is 1. The molecule has 0 amide bonds. The van der Waals surface area contributed by atoms with Crippen molar-refractivity contribution in [3.05, 3.63) is 51.4 Å². The molecule has 1 aromatic heterocycles. The summed E-state index contributed by atoms with van der Waals surface area (Å²) in [7, 11) is 0. The third-order valence-electron chi connectivity index (χ3n) is 4.72. The fourth-order valence-electron chi connectivity index (χ4n) is 3.26. The van der Waals surface area contributed by atoms with E-state index in [1.807, 2.05) is 37.3 Å². The molecule has 2 aromatic rings. The van der Waals surface area contributed by atoms with E-state index in [-0.39, 0.29) is 24.0 Å². The molecule has 0 aliphatic heterocycles. The van der Waals surface area contributed by atoms with E-state index < -0.39 is 0 Å². The predicted molar refractivity (Wildman–Crippen MR) is 99.7 cm³/mol. The van der Waals surface area contributed by atoms with Crippen LogP contribution >= 0.6 is 0 Å². The molecule has 0 bridgehead atoms. The molecule has 0 saturated carbocycles. The van der Waals surface area contributed by atoms with Crippen molar-refractivity contribution in [1.82, 2.24) is 10.3 Å². The standard InChI is InChI=1S/C20H24N2O3/c1-13(12-23)21-10-4-7-19(24)14-8-9-18-17(11-14)15-5-2-3-6-16(15)20(25)22-18/h2-3,5-6,11,13,21,23H,4,7-10,12H2,1H3,(H,22,25). The molecule has 0 radical (unpaired) electrons. The quantitative estimate of drug-likeness (QED) is 0.675. The Morgan fingerprint density at radius 1 is 1.28 bits per heavy atom. The minimum absolute atomic E-state index is 0.0547. The first-order valence-corrected chi connectivity index (χ1v) is 8.82. The maximum Gasteiger partial charge on any atom is 0.256 e. The van der Waals surface area contributed by atoms with Crippen LogP contribution in [-0.2, 0) is 11.2 Å². The average molecular weight is 340 g/mol. The SMILES string of the molecule is CC(CO)NCCCC(=O)C1=Cc2c([nH]c(=O)c3ccccc23)CC1. The van der Waals surface area contributed by atoms with E-state index in [0.29, 0.717) is 31.2 Å². The van der Waals surface area contributed by atoms with Gasteiger partial charge in [-0.1, -0.05) is 18.2 Å². The number of aromatic nitrogens is 1. The first-order chi connectivity index (χ1) is 12.1. The second-order valence-electron chi connectivity index (χ2n) is 6.63. The lowest BCUT2D eigenvalue weighted by Gasteiger charge is -2.17. The number of fused-ring (bicyclic) bond motifs is 3. The number of H-pyrrole nitrogens is 1. The van der Waals surface area contributed by atoms with Crippen molar-refractivity contribution in [3.8, 4) is 0 Å². The number of aliphatic hydroxyl groups is 1. The number of hydrogen-bond acceptors (Lipinski definition) is 4. The number of allylic oxidation sites excluding steroid dienone is 1. The van der Waals surface area contributed by atoms with E-state index in [1.165, 1.54) is 0 Å². The zero-order chi connectivity index (χ0) is 17.8. The number of aromatic amines is 1. The number of benzene rings is 1. The molecule has 25 heavy (non-hydrogen) atoms. The minimum Gasteiger partial charge on any atom is -0.395 e. The highest BCUT2D eigenvalue weighted by atomic mass is 16.3. The largest absolute Gasteiger partial charge is 0.395 e. The van der Waals surface area contributed by atoms with E-state index in [4.69, 9.17) is 5.11 Å². The van der Waals surface area contributed by atoms with Gasteiger partial charge in [-0.15, -0.1) is 0 Å². The van der Waals surface area contributed by atoms with Gasteiger partial charge >= 0.3 is 0 Å². The summed E-state index contributed by atoms with van der Waals surface area (Å²) in [5.74, 6) is 0.166. The highest BCUT2D eigenvalue weighted by molar-refractivity contribution is 6.03. The molecule has 1 atom stereocenters. The molecule has 5 nitrogen and oxygen atoms in total. The number of rotatable bonds is 7. The van der Waals surface area contributed by atoms with Crippen LogP contribution in [0, 0.1) is 0 Å². The van der Waals surface area contributed by atoms with Crippen molar-refractivity contribution in [1.29, 1.82) is 0 Å². The highest BCUT2D eigenvalue weighted by Gasteiger charge is 2.19. The van der Waals surface area contributed by atoms with Gasteiger partial charge in [0.05, 0.1) is 6.61 Å². The van der Waals surface area contributed by atoms with Crippen molar-refractivity contribution < 1.29 is 9.90 Å². The van der Waals surface area contributed by atoms with Crippen LogP contribution in [0.3, 0.4) is 0 Å². The lowest BCUT2D eigenvalue weighted by Crippen LogP contribution is -2.30. The van der Waals surface area contributed by atoms with Gasteiger partial charge in [-0.05, 0) is 55.8 Å². The van der Waals surface area contributed by atoms with Gasteiger partial charge in [0.25, 0.3) is 5.56 Å². The maximum absolute atomic E-state index is 12.5. The third kappa shape index (κ3) is 3.89. The Kier molecular flexibility index (Phi) is 5.46. The van der Waals surface area contributed by atoms with Gasteiger partial charge < -0.3 is 15.4 Å². The summed E-state index contributed by atoms with van der Waals surface area (Å²) >= 11 is 0. The monoisotopic (exact) mass is 340 g/mol. The van der Waals surface area contributed by atoms with Crippen LogP contribution < -0.4 is 10.9 Å². The van der Waals surface area contributed by atoms with Crippen LogP contribution in [0.5, 0.6) is 0 Å². The predicted octanol–water partition coefficient (Wildman–Crippen LogP) is 2.18. The Balaban J connectivity index is 1.76. The molecule has 0 fully saturated rings. The Morgan fingerprint density at radius 3 is 2.80 bits per heavy atom. The minimum atomic E-state index is -0.0680. The molecule has 1 aliphatic rings. The Labute approximate surface area is 146 Å². The number of pyridine rings is 1. The fraction of sp³-hybridized carbons (Fsp3) is 0.400. The molecule has 5 heteroatoms. The van der Waals surface area contributed by atoms with E-state index in [0.717, 1.165) is 28.6 Å². The number of ketones is 1. The number of aliphatic hydroxyl groups excluding tert-OH is 1. The van der Waals surface area contributed by atoms with Crippen LogP contribution in [0.4, 0.5) is 0 Å².